The molecule has 0 aliphatic heterocycles. The average Bonchev–Trinajstić information content (AvgIpc) is 2.34. The van der Waals surface area contributed by atoms with Gasteiger partial charge in [0.25, 0.3) is 0 Å². The minimum Gasteiger partial charge on any atom is -0.374 e. The molecule has 0 aliphatic carbocycles. The topological polar surface area (TPSA) is 12.0 Å². The van der Waals surface area contributed by atoms with Crippen LogP contribution < -0.4 is 5.32 Å². The van der Waals surface area contributed by atoms with Gasteiger partial charge in [0.05, 0.1) is 0 Å². The summed E-state index contributed by atoms with van der Waals surface area (Å²) in [6.45, 7) is 3.86. The second-order valence-corrected chi connectivity index (χ2v) is 5.44. The quantitative estimate of drug-likeness (QED) is 0.816. The van der Waals surface area contributed by atoms with E-state index in [1.54, 1.807) is 0 Å². The molecule has 0 amide bonds. The van der Waals surface area contributed by atoms with Gasteiger partial charge < -0.3 is 5.32 Å². The van der Waals surface area contributed by atoms with E-state index in [4.69, 9.17) is 0 Å². The molecule has 0 aromatic heterocycles. The summed E-state index contributed by atoms with van der Waals surface area (Å²) in [7, 11) is 0. The van der Waals surface area contributed by atoms with Gasteiger partial charge >= 0.3 is 0 Å². The Morgan fingerprint density at radius 1 is 1.05 bits per heavy atom. The highest BCUT2D eigenvalue weighted by Crippen LogP contribution is 2.27. The molecule has 0 saturated carbocycles. The van der Waals surface area contributed by atoms with Crippen LogP contribution in [-0.4, -0.2) is 0 Å². The molecular formula is C15H14BrF2N. The molecule has 0 radical (unpaired) electrons. The second kappa shape index (κ2) is 5.70. The zero-order valence-corrected chi connectivity index (χ0v) is 12.3. The van der Waals surface area contributed by atoms with Crippen LogP contribution in [-0.2, 0) is 0 Å². The summed E-state index contributed by atoms with van der Waals surface area (Å²) in [6, 6.07) is 10.2. The van der Waals surface area contributed by atoms with Crippen molar-refractivity contribution in [2.45, 2.75) is 19.9 Å². The molecule has 1 N–H and O–H groups in total. The third kappa shape index (κ3) is 3.32. The van der Waals surface area contributed by atoms with Gasteiger partial charge in [-0.1, -0.05) is 45.8 Å². The van der Waals surface area contributed by atoms with Crippen molar-refractivity contribution in [1.82, 2.24) is 0 Å². The van der Waals surface area contributed by atoms with E-state index < -0.39 is 11.6 Å². The Balaban J connectivity index is 2.24. The minimum absolute atomic E-state index is 0.101. The van der Waals surface area contributed by atoms with E-state index in [0.717, 1.165) is 11.1 Å². The lowest BCUT2D eigenvalue weighted by molar-refractivity contribution is 0.583. The van der Waals surface area contributed by atoms with Gasteiger partial charge in [0.15, 0.2) is 0 Å². The lowest BCUT2D eigenvalue weighted by Crippen LogP contribution is -2.09. The summed E-state index contributed by atoms with van der Waals surface area (Å²) in [6.07, 6.45) is 0. The van der Waals surface area contributed by atoms with E-state index in [9.17, 15) is 8.78 Å². The van der Waals surface area contributed by atoms with Crippen LogP contribution in [0, 0.1) is 18.6 Å². The van der Waals surface area contributed by atoms with Crippen LogP contribution in [0.2, 0.25) is 0 Å². The summed E-state index contributed by atoms with van der Waals surface area (Å²) >= 11 is 3.06. The van der Waals surface area contributed by atoms with Gasteiger partial charge in [0.2, 0.25) is 0 Å². The first-order valence-corrected chi connectivity index (χ1v) is 6.74. The van der Waals surface area contributed by atoms with Gasteiger partial charge in [-0.25, -0.2) is 8.78 Å². The zero-order valence-electron chi connectivity index (χ0n) is 10.7. The number of benzene rings is 2. The van der Waals surface area contributed by atoms with Crippen LogP contribution in [0.1, 0.15) is 24.1 Å². The van der Waals surface area contributed by atoms with E-state index >= 15 is 0 Å². The molecule has 1 atom stereocenters. The largest absolute Gasteiger partial charge is 0.374 e. The van der Waals surface area contributed by atoms with Gasteiger partial charge in [-0.05, 0) is 31.5 Å². The van der Waals surface area contributed by atoms with Crippen molar-refractivity contribution in [2.75, 3.05) is 5.32 Å². The number of nitrogens with one attached hydrogen (secondary N) is 1. The SMILES string of the molecule is Cc1ccc(C(C)Nc2c(F)cc(Br)cc2F)cc1. The summed E-state index contributed by atoms with van der Waals surface area (Å²) in [5.74, 6) is -1.21. The number of rotatable bonds is 3. The van der Waals surface area contributed by atoms with Gasteiger partial charge in [0, 0.05) is 10.5 Å². The first-order chi connectivity index (χ1) is 8.97. The van der Waals surface area contributed by atoms with E-state index in [1.165, 1.54) is 12.1 Å². The molecule has 4 heteroatoms. The summed E-state index contributed by atoms with van der Waals surface area (Å²) in [4.78, 5) is 0. The fourth-order valence-corrected chi connectivity index (χ4v) is 2.24. The van der Waals surface area contributed by atoms with Crippen molar-refractivity contribution >= 4 is 21.6 Å². The summed E-state index contributed by atoms with van der Waals surface area (Å²) in [5, 5.41) is 2.87. The molecular weight excluding hydrogens is 312 g/mol. The predicted octanol–water partition coefficient (Wildman–Crippen LogP) is 5.21. The predicted molar refractivity (Wildman–Crippen MR) is 77.3 cm³/mol. The van der Waals surface area contributed by atoms with Crippen LogP contribution in [0.3, 0.4) is 0 Å². The van der Waals surface area contributed by atoms with Crippen molar-refractivity contribution in [2.24, 2.45) is 0 Å². The number of halogens is 3. The lowest BCUT2D eigenvalue weighted by Gasteiger charge is -2.17. The van der Waals surface area contributed by atoms with Crippen LogP contribution in [0.25, 0.3) is 0 Å². The van der Waals surface area contributed by atoms with Crippen molar-refractivity contribution in [3.8, 4) is 0 Å². The molecule has 0 spiro atoms. The fraction of sp³-hybridized carbons (Fsp3) is 0.200. The standard InChI is InChI=1S/C15H14BrF2N/c1-9-3-5-11(6-4-9)10(2)19-15-13(17)7-12(16)8-14(15)18/h3-8,10,19H,1-2H3. The third-order valence-electron chi connectivity index (χ3n) is 2.95. The Kier molecular flexibility index (Phi) is 4.20. The van der Waals surface area contributed by atoms with Crippen LogP contribution in [0.5, 0.6) is 0 Å². The summed E-state index contributed by atoms with van der Waals surface area (Å²) < 4.78 is 27.8. The Hall–Kier alpha value is -1.42. The average molecular weight is 326 g/mol. The first-order valence-electron chi connectivity index (χ1n) is 5.95. The molecule has 0 aliphatic rings. The maximum absolute atomic E-state index is 13.7. The molecule has 2 aromatic carbocycles. The maximum Gasteiger partial charge on any atom is 0.150 e. The Morgan fingerprint density at radius 3 is 2.11 bits per heavy atom. The second-order valence-electron chi connectivity index (χ2n) is 4.52. The van der Waals surface area contributed by atoms with Crippen molar-refractivity contribution in [3.05, 3.63) is 63.6 Å². The van der Waals surface area contributed by atoms with Gasteiger partial charge in [0.1, 0.15) is 17.3 Å². The normalized spacial score (nSPS) is 12.3. The van der Waals surface area contributed by atoms with Crippen LogP contribution >= 0.6 is 15.9 Å². The van der Waals surface area contributed by atoms with Crippen molar-refractivity contribution < 1.29 is 8.78 Å². The van der Waals surface area contributed by atoms with Gasteiger partial charge in [-0.15, -0.1) is 0 Å². The fourth-order valence-electron chi connectivity index (χ4n) is 1.84. The van der Waals surface area contributed by atoms with Crippen LogP contribution in [0.15, 0.2) is 40.9 Å². The molecule has 0 fully saturated rings. The Bertz CT molecular complexity index is 558. The highest BCUT2D eigenvalue weighted by Gasteiger charge is 2.13. The Morgan fingerprint density at radius 2 is 1.58 bits per heavy atom. The zero-order chi connectivity index (χ0) is 14.0. The maximum atomic E-state index is 13.7. The van der Waals surface area contributed by atoms with Crippen LogP contribution in [0.4, 0.5) is 14.5 Å². The molecule has 0 bridgehead atoms. The van der Waals surface area contributed by atoms with Gasteiger partial charge in [-0.3, -0.25) is 0 Å². The van der Waals surface area contributed by atoms with E-state index in [0.29, 0.717) is 4.47 Å². The van der Waals surface area contributed by atoms with E-state index in [1.807, 2.05) is 38.1 Å². The highest BCUT2D eigenvalue weighted by atomic mass is 79.9. The Labute approximate surface area is 119 Å². The third-order valence-corrected chi connectivity index (χ3v) is 3.40. The van der Waals surface area contributed by atoms with Crippen molar-refractivity contribution in [1.29, 1.82) is 0 Å². The monoisotopic (exact) mass is 325 g/mol. The van der Waals surface area contributed by atoms with Gasteiger partial charge in [-0.2, -0.15) is 0 Å². The van der Waals surface area contributed by atoms with E-state index in [-0.39, 0.29) is 11.7 Å². The number of anilines is 1. The molecule has 0 saturated heterocycles. The molecule has 1 unspecified atom stereocenters. The number of hydrogen-bond donors (Lipinski definition) is 1. The highest BCUT2D eigenvalue weighted by molar-refractivity contribution is 9.10. The molecule has 1 nitrogen and oxygen atoms in total. The van der Waals surface area contributed by atoms with E-state index in [2.05, 4.69) is 21.2 Å². The smallest absolute Gasteiger partial charge is 0.150 e. The molecule has 19 heavy (non-hydrogen) atoms. The minimum atomic E-state index is -0.606. The number of hydrogen-bond acceptors (Lipinski definition) is 1. The molecule has 0 heterocycles. The lowest BCUT2D eigenvalue weighted by atomic mass is 10.1. The van der Waals surface area contributed by atoms with Crippen molar-refractivity contribution in [3.63, 3.8) is 0 Å². The first kappa shape index (κ1) is 14.0. The number of aryl methyl sites for hydroxylation is 1. The summed E-state index contributed by atoms with van der Waals surface area (Å²) in [5.41, 5.74) is 2.03. The molecule has 100 valence electrons. The molecule has 2 aromatic rings. The molecule has 2 rings (SSSR count).